The first-order valence-corrected chi connectivity index (χ1v) is 22.4. The van der Waals surface area contributed by atoms with Crippen LogP contribution in [0.2, 0.25) is 0 Å². The second-order valence-corrected chi connectivity index (χ2v) is 17.3. The highest BCUT2D eigenvalue weighted by molar-refractivity contribution is 7.27. The summed E-state index contributed by atoms with van der Waals surface area (Å²) in [5.41, 5.74) is 13.8. The summed E-state index contributed by atoms with van der Waals surface area (Å²) in [5.74, 6) is 0.694. The molecule has 0 aliphatic carbocycles. The minimum Gasteiger partial charge on any atom is -0.309 e. The van der Waals surface area contributed by atoms with E-state index in [4.69, 9.17) is 15.0 Å². The van der Waals surface area contributed by atoms with Gasteiger partial charge in [-0.1, -0.05) is 170 Å². The highest BCUT2D eigenvalue weighted by Crippen LogP contribution is 2.46. The third-order valence-corrected chi connectivity index (χ3v) is 13.9. The van der Waals surface area contributed by atoms with E-state index in [0.717, 1.165) is 56.1 Å². The Morgan fingerprint density at radius 1 is 0.344 bits per heavy atom. The van der Waals surface area contributed by atoms with Crippen molar-refractivity contribution in [1.82, 2.24) is 19.5 Å². The van der Waals surface area contributed by atoms with Crippen molar-refractivity contribution in [2.24, 2.45) is 0 Å². The minimum absolute atomic E-state index is 0.694. The van der Waals surface area contributed by atoms with E-state index in [1.807, 2.05) is 17.4 Å². The van der Waals surface area contributed by atoms with E-state index in [1.54, 1.807) is 0 Å². The number of thiophene rings is 1. The Balaban J connectivity index is 0.937. The predicted octanol–water partition coefficient (Wildman–Crippen LogP) is 16.0. The molecule has 0 amide bonds. The van der Waals surface area contributed by atoms with E-state index in [9.17, 15) is 0 Å². The predicted molar refractivity (Wildman–Crippen MR) is 269 cm³/mol. The standard InChI is InChI=1S/C59H36N4S/c1-4-15-38(16-5-1)51-36-52(62-59(61-51)41-31-34-54-49(35-41)44-21-11-13-26-53(44)63(54)42-19-8-3-9-20-42)39-29-27-37(28-30-39)43-23-14-24-45-46-32-33-48-55(58(46)64-57(43)45)47-22-10-12-25-50(47)60-56(48)40-17-6-2-7-18-40/h1-36H. The van der Waals surface area contributed by atoms with E-state index in [0.29, 0.717) is 5.82 Å². The van der Waals surface area contributed by atoms with Gasteiger partial charge in [0.1, 0.15) is 0 Å². The van der Waals surface area contributed by atoms with Crippen LogP contribution in [-0.4, -0.2) is 19.5 Å². The van der Waals surface area contributed by atoms with Gasteiger partial charge < -0.3 is 4.57 Å². The van der Waals surface area contributed by atoms with Crippen molar-refractivity contribution in [2.45, 2.75) is 0 Å². The molecule has 0 bridgehead atoms. The Morgan fingerprint density at radius 2 is 0.922 bits per heavy atom. The lowest BCUT2D eigenvalue weighted by atomic mass is 9.97. The maximum absolute atomic E-state index is 5.29. The van der Waals surface area contributed by atoms with E-state index < -0.39 is 0 Å². The molecule has 0 unspecified atom stereocenters. The molecule has 0 aliphatic heterocycles. The fraction of sp³-hybridized carbons (Fsp3) is 0. The lowest BCUT2D eigenvalue weighted by molar-refractivity contribution is 1.17. The average molecular weight is 833 g/mol. The van der Waals surface area contributed by atoms with Crippen LogP contribution in [0, 0.1) is 0 Å². The van der Waals surface area contributed by atoms with Gasteiger partial charge in [-0.2, -0.15) is 0 Å². The molecule has 298 valence electrons. The summed E-state index contributed by atoms with van der Waals surface area (Å²) in [5, 5.41) is 8.52. The molecule has 0 atom stereocenters. The van der Waals surface area contributed by atoms with Gasteiger partial charge in [-0.15, -0.1) is 11.3 Å². The number of hydrogen-bond donors (Lipinski definition) is 0. The third-order valence-electron chi connectivity index (χ3n) is 12.6. The third kappa shape index (κ3) is 5.86. The number of aromatic nitrogens is 4. The smallest absolute Gasteiger partial charge is 0.160 e. The normalized spacial score (nSPS) is 11.8. The van der Waals surface area contributed by atoms with Gasteiger partial charge in [-0.05, 0) is 59.7 Å². The summed E-state index contributed by atoms with van der Waals surface area (Å²) in [6.45, 7) is 0. The molecule has 13 rings (SSSR count). The number of para-hydroxylation sites is 3. The first kappa shape index (κ1) is 36.4. The van der Waals surface area contributed by atoms with Crippen molar-refractivity contribution < 1.29 is 0 Å². The zero-order valence-electron chi connectivity index (χ0n) is 34.5. The first-order chi connectivity index (χ1) is 31.7. The molecule has 13 aromatic rings. The molecule has 0 N–H and O–H groups in total. The largest absolute Gasteiger partial charge is 0.309 e. The Kier molecular flexibility index (Phi) is 8.36. The molecule has 64 heavy (non-hydrogen) atoms. The van der Waals surface area contributed by atoms with Gasteiger partial charge in [0.15, 0.2) is 5.82 Å². The van der Waals surface area contributed by atoms with Crippen molar-refractivity contribution in [3.8, 4) is 62.0 Å². The van der Waals surface area contributed by atoms with Crippen molar-refractivity contribution in [2.75, 3.05) is 0 Å². The highest BCUT2D eigenvalue weighted by atomic mass is 32.1. The van der Waals surface area contributed by atoms with Gasteiger partial charge in [-0.3, -0.25) is 0 Å². The molecule has 0 aliphatic rings. The fourth-order valence-electron chi connectivity index (χ4n) is 9.60. The van der Waals surface area contributed by atoms with Crippen molar-refractivity contribution in [1.29, 1.82) is 0 Å². The first-order valence-electron chi connectivity index (χ1n) is 21.6. The van der Waals surface area contributed by atoms with Crippen LogP contribution in [0.25, 0.3) is 126 Å². The van der Waals surface area contributed by atoms with Gasteiger partial charge in [0.2, 0.25) is 0 Å². The quantitative estimate of drug-likeness (QED) is 0.157. The fourth-order valence-corrected chi connectivity index (χ4v) is 11.0. The Hall–Kier alpha value is -8.25. The number of fused-ring (bicyclic) bond motifs is 10. The number of benzene rings is 9. The zero-order chi connectivity index (χ0) is 42.1. The second-order valence-electron chi connectivity index (χ2n) is 16.3. The molecular formula is C59H36N4S. The van der Waals surface area contributed by atoms with Crippen LogP contribution in [0.5, 0.6) is 0 Å². The van der Waals surface area contributed by atoms with Gasteiger partial charge in [-0.25, -0.2) is 15.0 Å². The van der Waals surface area contributed by atoms with Crippen molar-refractivity contribution in [3.05, 3.63) is 218 Å². The molecule has 0 saturated heterocycles. The zero-order valence-corrected chi connectivity index (χ0v) is 35.3. The second kappa shape index (κ2) is 14.7. The molecule has 0 radical (unpaired) electrons. The van der Waals surface area contributed by atoms with Gasteiger partial charge in [0.05, 0.1) is 33.6 Å². The minimum atomic E-state index is 0.694. The summed E-state index contributed by atoms with van der Waals surface area (Å²) in [6.07, 6.45) is 0. The van der Waals surface area contributed by atoms with E-state index >= 15 is 0 Å². The highest BCUT2D eigenvalue weighted by Gasteiger charge is 2.19. The maximum Gasteiger partial charge on any atom is 0.160 e. The van der Waals surface area contributed by atoms with Crippen LogP contribution < -0.4 is 0 Å². The Labute approximate surface area is 373 Å². The molecule has 9 aromatic carbocycles. The van der Waals surface area contributed by atoms with Crippen molar-refractivity contribution >= 4 is 75.0 Å². The van der Waals surface area contributed by atoms with Crippen LogP contribution in [0.3, 0.4) is 0 Å². The molecule has 4 aromatic heterocycles. The average Bonchev–Trinajstić information content (AvgIpc) is 3.93. The van der Waals surface area contributed by atoms with Gasteiger partial charge in [0.25, 0.3) is 0 Å². The number of rotatable bonds is 6. The van der Waals surface area contributed by atoms with Gasteiger partial charge in [0, 0.05) is 75.0 Å². The summed E-state index contributed by atoms with van der Waals surface area (Å²) in [6, 6.07) is 77.6. The topological polar surface area (TPSA) is 43.6 Å². The van der Waals surface area contributed by atoms with Crippen LogP contribution in [0.4, 0.5) is 0 Å². The van der Waals surface area contributed by atoms with E-state index in [2.05, 4.69) is 217 Å². The number of pyridine rings is 1. The molecule has 4 heterocycles. The summed E-state index contributed by atoms with van der Waals surface area (Å²) >= 11 is 1.88. The lowest BCUT2D eigenvalue weighted by Crippen LogP contribution is -1.96. The SMILES string of the molecule is c1ccc(-c2cc(-c3ccc(-c4cccc5c4sc4c5ccc5c(-c6ccccc6)nc6ccccc6c54)cc3)nc(-c3ccc4c(c3)c3ccccc3n4-c3ccccc3)n2)cc1. The van der Waals surface area contributed by atoms with Crippen LogP contribution >= 0.6 is 11.3 Å². The maximum atomic E-state index is 5.29. The molecule has 4 nitrogen and oxygen atoms in total. The van der Waals surface area contributed by atoms with Gasteiger partial charge >= 0.3 is 0 Å². The Bertz CT molecular complexity index is 3930. The molecule has 0 fully saturated rings. The molecule has 0 spiro atoms. The lowest BCUT2D eigenvalue weighted by Gasteiger charge is -2.11. The van der Waals surface area contributed by atoms with Crippen molar-refractivity contribution in [3.63, 3.8) is 0 Å². The molecular weight excluding hydrogens is 797 g/mol. The summed E-state index contributed by atoms with van der Waals surface area (Å²) in [7, 11) is 0. The van der Waals surface area contributed by atoms with Crippen LogP contribution in [0.1, 0.15) is 0 Å². The van der Waals surface area contributed by atoms with E-state index in [-0.39, 0.29) is 0 Å². The van der Waals surface area contributed by atoms with E-state index in [1.165, 1.54) is 63.7 Å². The molecule has 5 heteroatoms. The summed E-state index contributed by atoms with van der Waals surface area (Å²) in [4.78, 5) is 15.7. The number of hydrogen-bond acceptors (Lipinski definition) is 4. The monoisotopic (exact) mass is 832 g/mol. The Morgan fingerprint density at radius 3 is 1.70 bits per heavy atom. The number of nitrogens with zero attached hydrogens (tertiary/aromatic N) is 4. The van der Waals surface area contributed by atoms with Crippen LogP contribution in [0.15, 0.2) is 218 Å². The molecule has 0 saturated carbocycles. The summed E-state index contributed by atoms with van der Waals surface area (Å²) < 4.78 is 4.91. The van der Waals surface area contributed by atoms with Crippen LogP contribution in [-0.2, 0) is 0 Å².